The van der Waals surface area contributed by atoms with E-state index in [1.807, 2.05) is 54.6 Å². The minimum atomic E-state index is -1.31. The van der Waals surface area contributed by atoms with Gasteiger partial charge in [0.1, 0.15) is 0 Å². The lowest BCUT2D eigenvalue weighted by atomic mass is 10.1. The summed E-state index contributed by atoms with van der Waals surface area (Å²) in [5.74, 6) is 0. The number of hydrogen-bond acceptors (Lipinski definition) is 2. The first-order chi connectivity index (χ1) is 8.67. The summed E-state index contributed by atoms with van der Waals surface area (Å²) >= 11 is 5.84. The summed E-state index contributed by atoms with van der Waals surface area (Å²) in [5, 5.41) is 8.36. The van der Waals surface area contributed by atoms with Crippen molar-refractivity contribution in [2.75, 3.05) is 6.54 Å². The van der Waals surface area contributed by atoms with Crippen LogP contribution >= 0.6 is 11.6 Å². The molecule has 0 radical (unpaired) electrons. The molecule has 0 bridgehead atoms. The molecule has 2 aromatic carbocycles. The van der Waals surface area contributed by atoms with Gasteiger partial charge in [0.2, 0.25) is 0 Å². The van der Waals surface area contributed by atoms with Crippen molar-refractivity contribution in [2.45, 2.75) is 11.5 Å². The molecule has 0 heterocycles. The molecule has 3 N–H and O–H groups in total. The van der Waals surface area contributed by atoms with E-state index in [0.717, 1.165) is 0 Å². The number of alkyl halides is 1. The predicted octanol–water partition coefficient (Wildman–Crippen LogP) is 3.11. The van der Waals surface area contributed by atoms with E-state index in [1.54, 1.807) is 12.1 Å². The molecule has 2 aromatic rings. The highest BCUT2D eigenvalue weighted by Gasteiger charge is 2.24. The van der Waals surface area contributed by atoms with Gasteiger partial charge in [-0.3, -0.25) is 0 Å². The number of benzene rings is 2. The van der Waals surface area contributed by atoms with Gasteiger partial charge in [0.25, 0.3) is 0 Å². The van der Waals surface area contributed by atoms with Crippen LogP contribution in [0.25, 0.3) is 0 Å². The zero-order chi connectivity index (χ0) is 13.3. The molecule has 0 saturated carbocycles. The SMILES string of the molecule is NCCC(O)(Cl)c1ccccc1.c1ccccc1. The summed E-state index contributed by atoms with van der Waals surface area (Å²) in [6.07, 6.45) is 0.360. The fraction of sp³-hybridized carbons (Fsp3) is 0.200. The first kappa shape index (κ1) is 14.7. The zero-order valence-electron chi connectivity index (χ0n) is 10.2. The van der Waals surface area contributed by atoms with E-state index in [-0.39, 0.29) is 0 Å². The van der Waals surface area contributed by atoms with Gasteiger partial charge in [-0.05, 0) is 12.1 Å². The Morgan fingerprint density at radius 3 is 1.67 bits per heavy atom. The molecule has 0 spiro atoms. The second-order valence-electron chi connectivity index (χ2n) is 3.82. The molecule has 3 heteroatoms. The third kappa shape index (κ3) is 5.32. The maximum Gasteiger partial charge on any atom is 0.165 e. The lowest BCUT2D eigenvalue weighted by Crippen LogP contribution is -2.21. The number of nitrogens with two attached hydrogens (primary N) is 1. The molecular weight excluding hydrogens is 246 g/mol. The van der Waals surface area contributed by atoms with E-state index >= 15 is 0 Å². The van der Waals surface area contributed by atoms with Crippen molar-refractivity contribution in [3.63, 3.8) is 0 Å². The fourth-order valence-electron chi connectivity index (χ4n) is 1.41. The van der Waals surface area contributed by atoms with Crippen LogP contribution in [0.4, 0.5) is 0 Å². The quantitative estimate of drug-likeness (QED) is 0.836. The number of aliphatic hydroxyl groups is 1. The van der Waals surface area contributed by atoms with E-state index in [2.05, 4.69) is 0 Å². The maximum atomic E-state index is 9.67. The summed E-state index contributed by atoms with van der Waals surface area (Å²) in [4.78, 5) is 0. The zero-order valence-corrected chi connectivity index (χ0v) is 10.9. The molecule has 0 aliphatic carbocycles. The van der Waals surface area contributed by atoms with Crippen LogP contribution in [0.15, 0.2) is 66.7 Å². The maximum absolute atomic E-state index is 9.67. The molecule has 2 nitrogen and oxygen atoms in total. The molecular formula is C15H18ClNO. The lowest BCUT2D eigenvalue weighted by Gasteiger charge is -2.19. The highest BCUT2D eigenvalue weighted by atomic mass is 35.5. The first-order valence-corrected chi connectivity index (χ1v) is 6.21. The average Bonchev–Trinajstić information content (AvgIpc) is 2.42. The minimum absolute atomic E-state index is 0.360. The number of rotatable bonds is 3. The second-order valence-corrected chi connectivity index (χ2v) is 4.44. The third-order valence-corrected chi connectivity index (χ3v) is 2.77. The van der Waals surface area contributed by atoms with Crippen LogP contribution < -0.4 is 5.73 Å². The van der Waals surface area contributed by atoms with Crippen LogP contribution in [0.5, 0.6) is 0 Å². The van der Waals surface area contributed by atoms with E-state index in [9.17, 15) is 5.11 Å². The minimum Gasteiger partial charge on any atom is -0.371 e. The molecule has 0 amide bonds. The van der Waals surface area contributed by atoms with Gasteiger partial charge in [-0.15, -0.1) is 0 Å². The van der Waals surface area contributed by atoms with Crippen LogP contribution in [0.3, 0.4) is 0 Å². The third-order valence-electron chi connectivity index (χ3n) is 2.36. The predicted molar refractivity (Wildman–Crippen MR) is 76.3 cm³/mol. The summed E-state index contributed by atoms with van der Waals surface area (Å²) in [6, 6.07) is 21.1. The summed E-state index contributed by atoms with van der Waals surface area (Å²) < 4.78 is 0. The summed E-state index contributed by atoms with van der Waals surface area (Å²) in [5.41, 5.74) is 6.00. The molecule has 2 rings (SSSR count). The van der Waals surface area contributed by atoms with Crippen LogP contribution in [0.1, 0.15) is 12.0 Å². The molecule has 0 saturated heterocycles. The van der Waals surface area contributed by atoms with Gasteiger partial charge < -0.3 is 10.8 Å². The topological polar surface area (TPSA) is 46.2 Å². The molecule has 1 atom stereocenters. The number of hydrogen-bond donors (Lipinski definition) is 2. The Morgan fingerprint density at radius 1 is 0.889 bits per heavy atom. The van der Waals surface area contributed by atoms with Crippen molar-refractivity contribution in [1.82, 2.24) is 0 Å². The van der Waals surface area contributed by atoms with Crippen LogP contribution in [0, 0.1) is 0 Å². The Kier molecular flexibility index (Phi) is 6.44. The van der Waals surface area contributed by atoms with Crippen molar-refractivity contribution in [1.29, 1.82) is 0 Å². The van der Waals surface area contributed by atoms with Crippen LogP contribution in [0.2, 0.25) is 0 Å². The monoisotopic (exact) mass is 263 g/mol. The van der Waals surface area contributed by atoms with Gasteiger partial charge in [-0.2, -0.15) is 0 Å². The second kappa shape index (κ2) is 7.88. The Hall–Kier alpha value is -1.35. The van der Waals surface area contributed by atoms with Crippen molar-refractivity contribution in [3.05, 3.63) is 72.3 Å². The van der Waals surface area contributed by atoms with Gasteiger partial charge in [-0.1, -0.05) is 78.3 Å². The van der Waals surface area contributed by atoms with Gasteiger partial charge in [0, 0.05) is 6.42 Å². The molecule has 1 unspecified atom stereocenters. The van der Waals surface area contributed by atoms with Gasteiger partial charge in [0.15, 0.2) is 5.06 Å². The van der Waals surface area contributed by atoms with E-state index in [1.165, 1.54) is 0 Å². The lowest BCUT2D eigenvalue weighted by molar-refractivity contribution is 0.121. The van der Waals surface area contributed by atoms with Crippen molar-refractivity contribution in [3.8, 4) is 0 Å². The summed E-state index contributed by atoms with van der Waals surface area (Å²) in [7, 11) is 0. The summed E-state index contributed by atoms with van der Waals surface area (Å²) in [6.45, 7) is 0.370. The normalized spacial score (nSPS) is 13.1. The molecule has 0 fully saturated rings. The van der Waals surface area contributed by atoms with E-state index in [0.29, 0.717) is 18.5 Å². The fourth-order valence-corrected chi connectivity index (χ4v) is 1.65. The largest absolute Gasteiger partial charge is 0.371 e. The molecule has 0 aliphatic heterocycles. The Bertz CT molecular complexity index is 390. The van der Waals surface area contributed by atoms with E-state index < -0.39 is 5.06 Å². The van der Waals surface area contributed by atoms with Crippen LogP contribution in [-0.2, 0) is 5.06 Å². The Labute approximate surface area is 113 Å². The molecule has 0 aromatic heterocycles. The van der Waals surface area contributed by atoms with Gasteiger partial charge in [-0.25, -0.2) is 0 Å². The van der Waals surface area contributed by atoms with Gasteiger partial charge >= 0.3 is 0 Å². The highest BCUT2D eigenvalue weighted by molar-refractivity contribution is 6.22. The van der Waals surface area contributed by atoms with Gasteiger partial charge in [0.05, 0.1) is 0 Å². The van der Waals surface area contributed by atoms with Crippen molar-refractivity contribution in [2.24, 2.45) is 5.73 Å². The molecule has 96 valence electrons. The van der Waals surface area contributed by atoms with E-state index in [4.69, 9.17) is 17.3 Å². The van der Waals surface area contributed by atoms with Crippen LogP contribution in [-0.4, -0.2) is 11.7 Å². The first-order valence-electron chi connectivity index (χ1n) is 5.84. The van der Waals surface area contributed by atoms with Crippen molar-refractivity contribution >= 4 is 11.6 Å². The molecule has 0 aliphatic rings. The Balaban J connectivity index is 0.000000225. The molecule has 18 heavy (non-hydrogen) atoms. The number of halogens is 1. The standard InChI is InChI=1S/C9H12ClNO.C6H6/c10-9(12,6-7-11)8-4-2-1-3-5-8;1-2-4-6-5-3-1/h1-5,12H,6-7,11H2;1-6H. The highest BCUT2D eigenvalue weighted by Crippen LogP contribution is 2.28. The average molecular weight is 264 g/mol. The van der Waals surface area contributed by atoms with Crippen molar-refractivity contribution < 1.29 is 5.11 Å². The Morgan fingerprint density at radius 2 is 1.28 bits per heavy atom. The smallest absolute Gasteiger partial charge is 0.165 e.